The van der Waals surface area contributed by atoms with Crippen molar-refractivity contribution in [1.82, 2.24) is 9.88 Å². The van der Waals surface area contributed by atoms with Gasteiger partial charge in [0.25, 0.3) is 11.5 Å². The van der Waals surface area contributed by atoms with Crippen LogP contribution < -0.4 is 10.9 Å². The third-order valence-corrected chi connectivity index (χ3v) is 5.51. The molecule has 0 fully saturated rings. The smallest absolute Gasteiger partial charge is 0.263 e. The van der Waals surface area contributed by atoms with Crippen molar-refractivity contribution in [2.45, 2.75) is 51.0 Å². The van der Waals surface area contributed by atoms with E-state index in [2.05, 4.69) is 15.3 Å². The van der Waals surface area contributed by atoms with Crippen LogP contribution >= 0.6 is 0 Å². The molecule has 1 aromatic heterocycles. The van der Waals surface area contributed by atoms with Gasteiger partial charge in [0, 0.05) is 30.2 Å². The van der Waals surface area contributed by atoms with E-state index in [1.54, 1.807) is 17.7 Å². The summed E-state index contributed by atoms with van der Waals surface area (Å²) in [4.78, 5) is 28.6. The molecule has 3 rings (SSSR count). The maximum absolute atomic E-state index is 13.0. The van der Waals surface area contributed by atoms with Gasteiger partial charge in [0.2, 0.25) is 0 Å². The quantitative estimate of drug-likeness (QED) is 0.460. The van der Waals surface area contributed by atoms with Crippen LogP contribution in [-0.4, -0.2) is 23.1 Å². The van der Waals surface area contributed by atoms with E-state index in [9.17, 15) is 9.59 Å². The van der Waals surface area contributed by atoms with Crippen molar-refractivity contribution in [2.75, 3.05) is 6.54 Å². The van der Waals surface area contributed by atoms with Gasteiger partial charge in [0.05, 0.1) is 0 Å². The van der Waals surface area contributed by atoms with Gasteiger partial charge in [-0.25, -0.2) is 0 Å². The largest absolute Gasteiger partial charge is 0.349 e. The number of hydrogen-bond acceptors (Lipinski definition) is 3. The molecule has 29 heavy (non-hydrogen) atoms. The van der Waals surface area contributed by atoms with Crippen molar-refractivity contribution in [3.8, 4) is 0 Å². The zero-order valence-corrected chi connectivity index (χ0v) is 16.8. The first-order valence-corrected chi connectivity index (χ1v) is 10.2. The van der Waals surface area contributed by atoms with E-state index in [1.807, 2.05) is 30.3 Å². The average molecular weight is 393 g/mol. The van der Waals surface area contributed by atoms with Crippen LogP contribution in [0.25, 0.3) is 10.4 Å². The molecule has 1 atom stereocenters. The Bertz CT molecular complexity index is 961. The molecule has 7 heteroatoms. The minimum absolute atomic E-state index is 0.127. The molecule has 1 aliphatic carbocycles. The summed E-state index contributed by atoms with van der Waals surface area (Å²) in [6, 6.07) is 11.1. The fourth-order valence-electron chi connectivity index (χ4n) is 3.96. The number of nitrogens with one attached hydrogen (secondary N) is 1. The van der Waals surface area contributed by atoms with Crippen LogP contribution in [0.15, 0.2) is 46.3 Å². The van der Waals surface area contributed by atoms with E-state index in [-0.39, 0.29) is 23.7 Å². The third kappa shape index (κ3) is 5.27. The SMILES string of the molecule is Cn1c2c(cc(C(=O)N[C@H](CN=[N+]=[N-])Cc3ccccc3)c1=O)CCCCCC2. The predicted molar refractivity (Wildman–Crippen MR) is 113 cm³/mol. The van der Waals surface area contributed by atoms with Crippen LogP contribution in [0.3, 0.4) is 0 Å². The summed E-state index contributed by atoms with van der Waals surface area (Å²) < 4.78 is 1.63. The zero-order chi connectivity index (χ0) is 20.6. The number of fused-ring (bicyclic) bond motifs is 1. The predicted octanol–water partition coefficient (Wildman–Crippen LogP) is 3.70. The molecule has 1 aliphatic rings. The molecule has 0 spiro atoms. The Morgan fingerprint density at radius 3 is 2.66 bits per heavy atom. The van der Waals surface area contributed by atoms with Crippen molar-refractivity contribution >= 4 is 5.91 Å². The van der Waals surface area contributed by atoms with E-state index in [0.717, 1.165) is 42.5 Å². The first-order valence-electron chi connectivity index (χ1n) is 10.2. The van der Waals surface area contributed by atoms with E-state index in [4.69, 9.17) is 5.53 Å². The first kappa shape index (κ1) is 20.7. The van der Waals surface area contributed by atoms with Crippen LogP contribution in [0, 0.1) is 0 Å². The maximum atomic E-state index is 13.0. The second-order valence-corrected chi connectivity index (χ2v) is 7.58. The highest BCUT2D eigenvalue weighted by atomic mass is 16.2. The molecule has 1 aromatic carbocycles. The number of hydrogen-bond donors (Lipinski definition) is 1. The van der Waals surface area contributed by atoms with Crippen LogP contribution in [0.4, 0.5) is 0 Å². The van der Waals surface area contributed by atoms with Gasteiger partial charge in [-0.15, -0.1) is 0 Å². The van der Waals surface area contributed by atoms with E-state index in [0.29, 0.717) is 6.42 Å². The molecule has 0 unspecified atom stereocenters. The Morgan fingerprint density at radius 1 is 1.21 bits per heavy atom. The molecule has 2 aromatic rings. The summed E-state index contributed by atoms with van der Waals surface area (Å²) in [6.45, 7) is 0.127. The number of carbonyl (C=O) groups is 1. The van der Waals surface area contributed by atoms with Crippen LogP contribution in [0.5, 0.6) is 0 Å². The lowest BCUT2D eigenvalue weighted by Crippen LogP contribution is -2.42. The number of pyridine rings is 1. The molecule has 1 amide bonds. The molecule has 152 valence electrons. The van der Waals surface area contributed by atoms with Gasteiger partial charge in [-0.05, 0) is 54.8 Å². The lowest BCUT2D eigenvalue weighted by atomic mass is 9.95. The Labute approximate surface area is 170 Å². The number of carbonyl (C=O) groups excluding carboxylic acids is 1. The highest BCUT2D eigenvalue weighted by Crippen LogP contribution is 2.19. The second kappa shape index (κ2) is 9.94. The van der Waals surface area contributed by atoms with Gasteiger partial charge >= 0.3 is 0 Å². The van der Waals surface area contributed by atoms with Gasteiger partial charge in [-0.3, -0.25) is 9.59 Å². The van der Waals surface area contributed by atoms with Crippen molar-refractivity contribution in [2.24, 2.45) is 12.2 Å². The summed E-state index contributed by atoms with van der Waals surface area (Å²) in [5, 5.41) is 6.53. The number of aryl methyl sites for hydroxylation is 1. The lowest BCUT2D eigenvalue weighted by Gasteiger charge is -2.20. The van der Waals surface area contributed by atoms with Gasteiger partial charge < -0.3 is 9.88 Å². The van der Waals surface area contributed by atoms with Crippen LogP contribution in [0.1, 0.15) is 52.9 Å². The minimum atomic E-state index is -0.412. The number of aromatic nitrogens is 1. The average Bonchev–Trinajstić information content (AvgIpc) is 2.70. The molecular formula is C22H27N5O2. The summed E-state index contributed by atoms with van der Waals surface area (Å²) in [7, 11) is 1.75. The fraction of sp³-hybridized carbons (Fsp3) is 0.455. The molecule has 0 saturated carbocycles. The third-order valence-electron chi connectivity index (χ3n) is 5.51. The molecule has 7 nitrogen and oxygen atoms in total. The van der Waals surface area contributed by atoms with Crippen LogP contribution in [0.2, 0.25) is 0 Å². The van der Waals surface area contributed by atoms with Gasteiger partial charge in [-0.2, -0.15) is 0 Å². The van der Waals surface area contributed by atoms with Gasteiger partial charge in [-0.1, -0.05) is 48.3 Å². The summed E-state index contributed by atoms with van der Waals surface area (Å²) >= 11 is 0. The minimum Gasteiger partial charge on any atom is -0.349 e. The molecule has 1 N–H and O–H groups in total. The molecule has 0 saturated heterocycles. The summed E-state index contributed by atoms with van der Waals surface area (Å²) in [5.41, 5.74) is 11.7. The lowest BCUT2D eigenvalue weighted by molar-refractivity contribution is 0.0936. The number of amides is 1. The van der Waals surface area contributed by atoms with Crippen molar-refractivity contribution in [1.29, 1.82) is 0 Å². The topological polar surface area (TPSA) is 99.9 Å². The van der Waals surface area contributed by atoms with E-state index < -0.39 is 5.91 Å². The van der Waals surface area contributed by atoms with Crippen molar-refractivity contribution < 1.29 is 4.79 Å². The number of nitrogens with zero attached hydrogens (tertiary/aromatic N) is 4. The Kier molecular flexibility index (Phi) is 7.09. The second-order valence-electron chi connectivity index (χ2n) is 7.58. The van der Waals surface area contributed by atoms with Gasteiger partial charge in [0.15, 0.2) is 0 Å². The van der Waals surface area contributed by atoms with Crippen molar-refractivity contribution in [3.05, 3.63) is 79.6 Å². The Hall–Kier alpha value is -3.05. The highest BCUT2D eigenvalue weighted by molar-refractivity contribution is 5.94. The number of azide groups is 1. The summed E-state index contributed by atoms with van der Waals surface area (Å²) in [5.74, 6) is -0.412. The molecule has 1 heterocycles. The number of rotatable bonds is 6. The normalized spacial score (nSPS) is 14.7. The van der Waals surface area contributed by atoms with E-state index in [1.165, 1.54) is 12.8 Å². The zero-order valence-electron chi connectivity index (χ0n) is 16.8. The van der Waals surface area contributed by atoms with Gasteiger partial charge in [0.1, 0.15) is 5.56 Å². The summed E-state index contributed by atoms with van der Waals surface area (Å²) in [6.07, 6.45) is 6.77. The van der Waals surface area contributed by atoms with E-state index >= 15 is 0 Å². The molecule has 0 aliphatic heterocycles. The maximum Gasteiger partial charge on any atom is 0.263 e. The van der Waals surface area contributed by atoms with Crippen LogP contribution in [-0.2, 0) is 26.3 Å². The molecule has 0 radical (unpaired) electrons. The highest BCUT2D eigenvalue weighted by Gasteiger charge is 2.21. The van der Waals surface area contributed by atoms with Crippen molar-refractivity contribution in [3.63, 3.8) is 0 Å². The number of benzene rings is 1. The molecular weight excluding hydrogens is 366 g/mol. The standard InChI is InChI=1S/C22H27N5O2/c1-27-20-12-8-3-2-7-11-17(20)14-19(22(27)29)21(28)25-18(15-24-26-23)13-16-9-5-4-6-10-16/h4-6,9-10,14,18H,2-3,7-8,11-13,15H2,1H3,(H,25,28)/t18-/m0/s1. The Balaban J connectivity index is 1.85. The first-order chi connectivity index (χ1) is 14.1. The molecule has 0 bridgehead atoms. The Morgan fingerprint density at radius 2 is 1.93 bits per heavy atom. The fourth-order valence-corrected chi connectivity index (χ4v) is 3.96. The monoisotopic (exact) mass is 393 g/mol.